The third-order valence-electron chi connectivity index (χ3n) is 4.95. The van der Waals surface area contributed by atoms with E-state index in [0.29, 0.717) is 12.2 Å². The van der Waals surface area contributed by atoms with Gasteiger partial charge in [-0.1, -0.05) is 12.1 Å². The van der Waals surface area contributed by atoms with Crippen LogP contribution in [0.1, 0.15) is 34.8 Å². The number of hydrogen-bond acceptors (Lipinski definition) is 6. The van der Waals surface area contributed by atoms with Gasteiger partial charge in [0.15, 0.2) is 0 Å². The molecule has 1 atom stereocenters. The number of ether oxygens (including phenoxy) is 1. The Hall–Kier alpha value is -3.13. The Bertz CT molecular complexity index is 896. The highest BCUT2D eigenvalue weighted by atomic mass is 16.6. The predicted octanol–water partition coefficient (Wildman–Crippen LogP) is 3.21. The fourth-order valence-corrected chi connectivity index (χ4v) is 3.13. The first kappa shape index (κ1) is 20.6. The van der Waals surface area contributed by atoms with Crippen molar-refractivity contribution in [1.82, 2.24) is 10.2 Å². The van der Waals surface area contributed by atoms with Crippen LogP contribution in [0.3, 0.4) is 0 Å². The Kier molecular flexibility index (Phi) is 6.33. The second-order valence-corrected chi connectivity index (χ2v) is 7.37. The Morgan fingerprint density at radius 2 is 2.03 bits per heavy atom. The highest BCUT2D eigenvalue weighted by Crippen LogP contribution is 2.31. The number of nitro groups is 1. The lowest BCUT2D eigenvalue weighted by atomic mass is 10.1. The zero-order valence-electron chi connectivity index (χ0n) is 16.8. The Morgan fingerprint density at radius 3 is 2.66 bits per heavy atom. The van der Waals surface area contributed by atoms with Crippen LogP contribution in [0.4, 0.5) is 11.4 Å². The molecule has 1 amide bonds. The minimum atomic E-state index is -0.458. The summed E-state index contributed by atoms with van der Waals surface area (Å²) in [6.07, 6.45) is 2.02. The molecule has 8 nitrogen and oxygen atoms in total. The number of carbonyl (C=O) groups excluding carboxylic acids is 1. The van der Waals surface area contributed by atoms with Gasteiger partial charge in [0.1, 0.15) is 11.4 Å². The molecule has 8 heteroatoms. The SMILES string of the molecule is COc1cccc(C(CNC(=O)c2ccc(NC3CC3)c([N+](=O)[O-])c2)N(C)C)c1. The van der Waals surface area contributed by atoms with Crippen LogP contribution in [0.15, 0.2) is 42.5 Å². The first-order chi connectivity index (χ1) is 13.9. The zero-order chi connectivity index (χ0) is 21.0. The number of anilines is 1. The third kappa shape index (κ3) is 5.23. The minimum absolute atomic E-state index is 0.0696. The standard InChI is InChI=1S/C21H26N4O4/c1-24(2)20(14-5-4-6-17(11-14)29-3)13-22-21(26)15-7-10-18(23-16-8-9-16)19(12-15)25(27)28/h4-7,10-12,16,20,23H,8-9,13H2,1-3H3,(H,22,26). The molecule has 0 spiro atoms. The van der Waals surface area contributed by atoms with Crippen LogP contribution in [-0.2, 0) is 0 Å². The second kappa shape index (κ2) is 8.91. The molecule has 3 rings (SSSR count). The average molecular weight is 398 g/mol. The summed E-state index contributed by atoms with van der Waals surface area (Å²) in [4.78, 5) is 25.6. The van der Waals surface area contributed by atoms with Gasteiger partial charge in [0.05, 0.1) is 18.1 Å². The zero-order valence-corrected chi connectivity index (χ0v) is 16.8. The molecule has 2 aromatic carbocycles. The van der Waals surface area contributed by atoms with E-state index < -0.39 is 4.92 Å². The van der Waals surface area contributed by atoms with E-state index in [-0.39, 0.29) is 29.2 Å². The number of nitrogens with one attached hydrogen (secondary N) is 2. The predicted molar refractivity (Wildman–Crippen MR) is 111 cm³/mol. The number of benzene rings is 2. The molecule has 1 unspecified atom stereocenters. The molecular formula is C21H26N4O4. The number of amides is 1. The van der Waals surface area contributed by atoms with Crippen LogP contribution >= 0.6 is 0 Å². The van der Waals surface area contributed by atoms with E-state index in [1.54, 1.807) is 19.2 Å². The molecule has 2 N–H and O–H groups in total. The lowest BCUT2D eigenvalue weighted by Gasteiger charge is -2.25. The van der Waals surface area contributed by atoms with Gasteiger partial charge in [-0.05, 0) is 56.8 Å². The number of hydrogen-bond donors (Lipinski definition) is 2. The van der Waals surface area contributed by atoms with Crippen molar-refractivity contribution in [2.24, 2.45) is 0 Å². The van der Waals surface area contributed by atoms with Crippen LogP contribution in [0, 0.1) is 10.1 Å². The molecule has 154 valence electrons. The first-order valence-electron chi connectivity index (χ1n) is 9.52. The van der Waals surface area contributed by atoms with E-state index in [1.165, 1.54) is 6.07 Å². The average Bonchev–Trinajstić information content (AvgIpc) is 3.52. The van der Waals surface area contributed by atoms with Crippen LogP contribution in [0.2, 0.25) is 0 Å². The van der Waals surface area contributed by atoms with Gasteiger partial charge in [-0.15, -0.1) is 0 Å². The molecule has 0 aromatic heterocycles. The summed E-state index contributed by atoms with van der Waals surface area (Å²) in [5, 5.41) is 17.4. The first-order valence-corrected chi connectivity index (χ1v) is 9.52. The smallest absolute Gasteiger partial charge is 0.293 e. The molecular weight excluding hydrogens is 372 g/mol. The molecule has 1 aliphatic rings. The summed E-state index contributed by atoms with van der Waals surface area (Å²) in [7, 11) is 5.47. The number of methoxy groups -OCH3 is 1. The quantitative estimate of drug-likeness (QED) is 0.497. The molecule has 1 aliphatic carbocycles. The highest BCUT2D eigenvalue weighted by molar-refractivity contribution is 5.95. The van der Waals surface area contributed by atoms with E-state index in [9.17, 15) is 14.9 Å². The maximum Gasteiger partial charge on any atom is 0.293 e. The number of likely N-dealkylation sites (N-methyl/N-ethyl adjacent to an activating group) is 1. The fourth-order valence-electron chi connectivity index (χ4n) is 3.13. The van der Waals surface area contributed by atoms with E-state index in [4.69, 9.17) is 4.74 Å². The Labute approximate surface area is 170 Å². The summed E-state index contributed by atoms with van der Waals surface area (Å²) in [6.45, 7) is 0.356. The lowest BCUT2D eigenvalue weighted by molar-refractivity contribution is -0.384. The molecule has 0 bridgehead atoms. The summed E-state index contributed by atoms with van der Waals surface area (Å²) in [5.74, 6) is 0.399. The summed E-state index contributed by atoms with van der Waals surface area (Å²) < 4.78 is 5.28. The van der Waals surface area contributed by atoms with E-state index in [2.05, 4.69) is 10.6 Å². The highest BCUT2D eigenvalue weighted by Gasteiger charge is 2.26. The van der Waals surface area contributed by atoms with Gasteiger partial charge in [0.25, 0.3) is 11.6 Å². The minimum Gasteiger partial charge on any atom is -0.497 e. The van der Waals surface area contributed by atoms with Crippen molar-refractivity contribution in [3.05, 3.63) is 63.7 Å². The van der Waals surface area contributed by atoms with Crippen molar-refractivity contribution in [3.8, 4) is 5.75 Å². The van der Waals surface area contributed by atoms with E-state index in [0.717, 1.165) is 24.2 Å². The van der Waals surface area contributed by atoms with Gasteiger partial charge in [-0.25, -0.2) is 0 Å². The maximum absolute atomic E-state index is 12.6. The van der Waals surface area contributed by atoms with Crippen LogP contribution in [-0.4, -0.2) is 49.5 Å². The van der Waals surface area contributed by atoms with Crippen molar-refractivity contribution in [2.75, 3.05) is 33.1 Å². The van der Waals surface area contributed by atoms with Crippen molar-refractivity contribution < 1.29 is 14.5 Å². The molecule has 1 saturated carbocycles. The van der Waals surface area contributed by atoms with Gasteiger partial charge in [-0.2, -0.15) is 0 Å². The fraction of sp³-hybridized carbons (Fsp3) is 0.381. The van der Waals surface area contributed by atoms with Gasteiger partial charge in [0.2, 0.25) is 0 Å². The molecule has 0 saturated heterocycles. The molecule has 2 aromatic rings. The third-order valence-corrected chi connectivity index (χ3v) is 4.95. The molecule has 0 heterocycles. The largest absolute Gasteiger partial charge is 0.497 e. The summed E-state index contributed by atoms with van der Waals surface area (Å²) >= 11 is 0. The number of nitrogens with zero attached hydrogens (tertiary/aromatic N) is 2. The molecule has 29 heavy (non-hydrogen) atoms. The van der Waals surface area contributed by atoms with Crippen LogP contribution in [0.5, 0.6) is 5.75 Å². The van der Waals surface area contributed by atoms with Crippen molar-refractivity contribution in [1.29, 1.82) is 0 Å². The normalized spacial score (nSPS) is 14.3. The summed E-state index contributed by atoms with van der Waals surface area (Å²) in [6, 6.07) is 12.4. The number of nitro benzene ring substituents is 1. The van der Waals surface area contributed by atoms with Crippen molar-refractivity contribution in [2.45, 2.75) is 24.9 Å². The molecule has 0 aliphatic heterocycles. The number of rotatable bonds is 9. The van der Waals surface area contributed by atoms with Gasteiger partial charge < -0.3 is 20.3 Å². The van der Waals surface area contributed by atoms with E-state index >= 15 is 0 Å². The Balaban J connectivity index is 1.72. The monoisotopic (exact) mass is 398 g/mol. The van der Waals surface area contributed by atoms with Gasteiger partial charge >= 0.3 is 0 Å². The van der Waals surface area contributed by atoms with Crippen LogP contribution < -0.4 is 15.4 Å². The van der Waals surface area contributed by atoms with Crippen molar-refractivity contribution >= 4 is 17.3 Å². The second-order valence-electron chi connectivity index (χ2n) is 7.37. The van der Waals surface area contributed by atoms with Crippen LogP contribution in [0.25, 0.3) is 0 Å². The van der Waals surface area contributed by atoms with Gasteiger partial charge in [-0.3, -0.25) is 14.9 Å². The summed E-state index contributed by atoms with van der Waals surface area (Å²) in [5.41, 5.74) is 1.64. The van der Waals surface area contributed by atoms with Gasteiger partial charge in [0, 0.05) is 24.2 Å². The Morgan fingerprint density at radius 1 is 1.28 bits per heavy atom. The molecule has 1 fully saturated rings. The molecule has 0 radical (unpaired) electrons. The van der Waals surface area contributed by atoms with Crippen molar-refractivity contribution in [3.63, 3.8) is 0 Å². The maximum atomic E-state index is 12.6. The number of carbonyl (C=O) groups is 1. The van der Waals surface area contributed by atoms with E-state index in [1.807, 2.05) is 43.3 Å². The topological polar surface area (TPSA) is 96.7 Å². The lowest BCUT2D eigenvalue weighted by Crippen LogP contribution is -2.34.